The van der Waals surface area contributed by atoms with Crippen LogP contribution in [0.25, 0.3) is 0 Å². The Labute approximate surface area is 108 Å². The largest absolute Gasteiger partial charge is 0.482 e. The zero-order chi connectivity index (χ0) is 12.7. The number of benzene rings is 1. The van der Waals surface area contributed by atoms with Crippen molar-refractivity contribution in [3.8, 4) is 5.75 Å². The molecule has 0 aromatic heterocycles. The number of hydrogen-bond acceptors (Lipinski definition) is 2. The maximum absolute atomic E-state index is 11.9. The van der Waals surface area contributed by atoms with E-state index in [1.165, 1.54) is 18.4 Å². The van der Waals surface area contributed by atoms with E-state index in [0.717, 1.165) is 18.0 Å². The van der Waals surface area contributed by atoms with Gasteiger partial charge in [-0.2, -0.15) is 0 Å². The second-order valence-corrected chi connectivity index (χ2v) is 5.62. The molecule has 1 fully saturated rings. The number of carbonyl (C=O) groups is 1. The highest BCUT2D eigenvalue weighted by atomic mass is 16.5. The number of fused-ring (bicyclic) bond motifs is 1. The average molecular weight is 245 g/mol. The van der Waals surface area contributed by atoms with Gasteiger partial charge < -0.3 is 9.64 Å². The quantitative estimate of drug-likeness (QED) is 0.819. The molecule has 1 saturated carbocycles. The molecule has 1 aromatic rings. The molecule has 1 aromatic carbocycles. The fourth-order valence-electron chi connectivity index (χ4n) is 2.34. The van der Waals surface area contributed by atoms with Gasteiger partial charge in [-0.05, 0) is 42.4 Å². The van der Waals surface area contributed by atoms with Crippen molar-refractivity contribution in [3.05, 3.63) is 23.8 Å². The highest BCUT2D eigenvalue weighted by Gasteiger charge is 2.31. The molecule has 0 saturated heterocycles. The molecule has 3 nitrogen and oxygen atoms in total. The van der Waals surface area contributed by atoms with Crippen LogP contribution in [0, 0.1) is 5.92 Å². The Balaban J connectivity index is 1.92. The van der Waals surface area contributed by atoms with E-state index in [-0.39, 0.29) is 12.5 Å². The second-order valence-electron chi connectivity index (χ2n) is 5.62. The number of carbonyl (C=O) groups excluding carboxylic acids is 1. The minimum Gasteiger partial charge on any atom is -0.482 e. The van der Waals surface area contributed by atoms with Gasteiger partial charge in [-0.15, -0.1) is 0 Å². The molecule has 1 heterocycles. The third-order valence-corrected chi connectivity index (χ3v) is 3.73. The van der Waals surface area contributed by atoms with E-state index in [4.69, 9.17) is 4.74 Å². The first-order valence-electron chi connectivity index (χ1n) is 6.72. The van der Waals surface area contributed by atoms with Crippen molar-refractivity contribution in [1.82, 2.24) is 0 Å². The topological polar surface area (TPSA) is 29.5 Å². The van der Waals surface area contributed by atoms with Crippen molar-refractivity contribution in [1.29, 1.82) is 0 Å². The normalized spacial score (nSPS) is 18.8. The molecule has 96 valence electrons. The molecule has 0 N–H and O–H groups in total. The molecule has 0 atom stereocenters. The first kappa shape index (κ1) is 11.6. The fourth-order valence-corrected chi connectivity index (χ4v) is 2.34. The molecular formula is C15H19NO2. The van der Waals surface area contributed by atoms with Gasteiger partial charge in [-0.3, -0.25) is 4.79 Å². The smallest absolute Gasteiger partial charge is 0.265 e. The zero-order valence-corrected chi connectivity index (χ0v) is 11.0. The Kier molecular flexibility index (Phi) is 2.77. The van der Waals surface area contributed by atoms with Crippen LogP contribution in [0.3, 0.4) is 0 Å². The molecule has 3 heteroatoms. The fraction of sp³-hybridized carbons (Fsp3) is 0.533. The van der Waals surface area contributed by atoms with Crippen LogP contribution in [0.15, 0.2) is 18.2 Å². The molecule has 1 aliphatic heterocycles. The summed E-state index contributed by atoms with van der Waals surface area (Å²) in [6.45, 7) is 5.37. The molecule has 18 heavy (non-hydrogen) atoms. The lowest BCUT2D eigenvalue weighted by atomic mass is 10.0. The molecule has 1 aliphatic carbocycles. The van der Waals surface area contributed by atoms with Crippen LogP contribution in [0.4, 0.5) is 5.69 Å². The van der Waals surface area contributed by atoms with Gasteiger partial charge in [-0.1, -0.05) is 19.9 Å². The van der Waals surface area contributed by atoms with E-state index in [0.29, 0.717) is 11.8 Å². The van der Waals surface area contributed by atoms with Gasteiger partial charge in [-0.25, -0.2) is 0 Å². The zero-order valence-electron chi connectivity index (χ0n) is 11.0. The molecule has 1 amide bonds. The van der Waals surface area contributed by atoms with Gasteiger partial charge in [0.1, 0.15) is 5.75 Å². The van der Waals surface area contributed by atoms with Crippen LogP contribution in [-0.2, 0) is 4.79 Å². The molecule has 0 radical (unpaired) electrons. The Hall–Kier alpha value is -1.51. The lowest BCUT2D eigenvalue weighted by molar-refractivity contribution is -0.121. The summed E-state index contributed by atoms with van der Waals surface area (Å²) in [5.41, 5.74) is 2.21. The van der Waals surface area contributed by atoms with E-state index >= 15 is 0 Å². The van der Waals surface area contributed by atoms with Gasteiger partial charge in [0.2, 0.25) is 0 Å². The summed E-state index contributed by atoms with van der Waals surface area (Å²) in [5.74, 6) is 2.13. The van der Waals surface area contributed by atoms with E-state index in [2.05, 4.69) is 26.0 Å². The summed E-state index contributed by atoms with van der Waals surface area (Å²) < 4.78 is 5.57. The number of hydrogen-bond donors (Lipinski definition) is 0. The van der Waals surface area contributed by atoms with Crippen molar-refractivity contribution in [2.24, 2.45) is 5.92 Å². The lowest BCUT2D eigenvalue weighted by Gasteiger charge is -2.30. The van der Waals surface area contributed by atoms with E-state index in [1.807, 2.05) is 11.0 Å². The van der Waals surface area contributed by atoms with Crippen LogP contribution in [0.1, 0.15) is 38.2 Å². The van der Waals surface area contributed by atoms with Gasteiger partial charge in [0.15, 0.2) is 6.61 Å². The third-order valence-electron chi connectivity index (χ3n) is 3.73. The van der Waals surface area contributed by atoms with Gasteiger partial charge in [0.05, 0.1) is 5.69 Å². The first-order chi connectivity index (χ1) is 8.65. The number of anilines is 1. The summed E-state index contributed by atoms with van der Waals surface area (Å²) in [5, 5.41) is 0. The highest BCUT2D eigenvalue weighted by Crippen LogP contribution is 2.38. The van der Waals surface area contributed by atoms with Crippen molar-refractivity contribution >= 4 is 11.6 Å². The van der Waals surface area contributed by atoms with E-state index in [9.17, 15) is 4.79 Å². The van der Waals surface area contributed by atoms with Gasteiger partial charge in [0.25, 0.3) is 5.91 Å². The minimum absolute atomic E-state index is 0.0895. The number of amides is 1. The Morgan fingerprint density at radius 2 is 2.17 bits per heavy atom. The standard InChI is InChI=1S/C15H19NO2/c1-10(2)12-5-6-13-14(7-12)18-9-15(17)16(13)8-11-3-4-11/h5-7,10-11H,3-4,8-9H2,1-2H3. The summed E-state index contributed by atoms with van der Waals surface area (Å²) in [6.07, 6.45) is 2.51. The molecule has 2 aliphatic rings. The Bertz CT molecular complexity index is 477. The second kappa shape index (κ2) is 4.30. The van der Waals surface area contributed by atoms with Crippen molar-refractivity contribution in [3.63, 3.8) is 0 Å². The summed E-state index contributed by atoms with van der Waals surface area (Å²) >= 11 is 0. The van der Waals surface area contributed by atoms with Crippen LogP contribution in [0.5, 0.6) is 5.75 Å². The monoisotopic (exact) mass is 245 g/mol. The average Bonchev–Trinajstić information content (AvgIpc) is 3.16. The summed E-state index contributed by atoms with van der Waals surface area (Å²) in [6, 6.07) is 6.21. The van der Waals surface area contributed by atoms with E-state index < -0.39 is 0 Å². The lowest BCUT2D eigenvalue weighted by Crippen LogP contribution is -2.40. The minimum atomic E-state index is 0.0895. The highest BCUT2D eigenvalue weighted by molar-refractivity contribution is 5.97. The number of ether oxygens (including phenoxy) is 1. The van der Waals surface area contributed by atoms with E-state index in [1.54, 1.807) is 0 Å². The maximum atomic E-state index is 11.9. The summed E-state index contributed by atoms with van der Waals surface area (Å²) in [4.78, 5) is 13.8. The third kappa shape index (κ3) is 2.09. The van der Waals surface area contributed by atoms with Crippen molar-refractivity contribution in [2.75, 3.05) is 18.1 Å². The molecule has 0 bridgehead atoms. The first-order valence-corrected chi connectivity index (χ1v) is 6.72. The Morgan fingerprint density at radius 3 is 2.83 bits per heavy atom. The van der Waals surface area contributed by atoms with Crippen molar-refractivity contribution in [2.45, 2.75) is 32.6 Å². The maximum Gasteiger partial charge on any atom is 0.265 e. The predicted molar refractivity (Wildman–Crippen MR) is 71.1 cm³/mol. The van der Waals surface area contributed by atoms with Crippen LogP contribution in [-0.4, -0.2) is 19.1 Å². The van der Waals surface area contributed by atoms with Gasteiger partial charge >= 0.3 is 0 Å². The molecule has 0 spiro atoms. The SMILES string of the molecule is CC(C)c1ccc2c(c1)OCC(=O)N2CC1CC1. The number of nitrogens with zero attached hydrogens (tertiary/aromatic N) is 1. The molecule has 3 rings (SSSR count). The van der Waals surface area contributed by atoms with Crippen LogP contribution >= 0.6 is 0 Å². The Morgan fingerprint density at radius 1 is 1.39 bits per heavy atom. The van der Waals surface area contributed by atoms with Gasteiger partial charge in [0, 0.05) is 6.54 Å². The van der Waals surface area contributed by atoms with Crippen LogP contribution in [0.2, 0.25) is 0 Å². The molecule has 0 unspecified atom stereocenters. The summed E-state index contributed by atoms with van der Waals surface area (Å²) in [7, 11) is 0. The number of rotatable bonds is 3. The molecular weight excluding hydrogens is 226 g/mol. The predicted octanol–water partition coefficient (Wildman–Crippen LogP) is 2.95. The van der Waals surface area contributed by atoms with Crippen molar-refractivity contribution < 1.29 is 9.53 Å². The van der Waals surface area contributed by atoms with Crippen LogP contribution < -0.4 is 9.64 Å².